The average molecular weight is 730 g/mol. The second-order valence-corrected chi connectivity index (χ2v) is 14.4. The maximum atomic E-state index is 6.46. The highest BCUT2D eigenvalue weighted by Gasteiger charge is 2.21. The van der Waals surface area contributed by atoms with Gasteiger partial charge in [-0.2, -0.15) is 0 Å². The van der Waals surface area contributed by atoms with Gasteiger partial charge in [0, 0.05) is 44.5 Å². The molecule has 0 fully saturated rings. The van der Waals surface area contributed by atoms with Crippen molar-refractivity contribution in [3.05, 3.63) is 212 Å². The van der Waals surface area contributed by atoms with E-state index in [0.29, 0.717) is 0 Å². The zero-order valence-corrected chi connectivity index (χ0v) is 31.0. The fraction of sp³-hybridized carbons (Fsp3) is 0. The molecule has 0 radical (unpaired) electrons. The van der Waals surface area contributed by atoms with Crippen LogP contribution in [0.25, 0.3) is 88.4 Å². The Balaban J connectivity index is 1.07. The number of para-hydroxylation sites is 3. The van der Waals surface area contributed by atoms with Gasteiger partial charge in [-0.05, 0) is 93.5 Å². The largest absolute Gasteiger partial charge is 0.456 e. The van der Waals surface area contributed by atoms with Crippen molar-refractivity contribution < 1.29 is 8.83 Å². The maximum absolute atomic E-state index is 6.46. The fourth-order valence-electron chi connectivity index (χ4n) is 8.43. The third kappa shape index (κ3) is 5.68. The Kier molecular flexibility index (Phi) is 7.82. The summed E-state index contributed by atoms with van der Waals surface area (Å²) in [5.74, 6) is 0. The van der Waals surface area contributed by atoms with Crippen molar-refractivity contribution in [1.82, 2.24) is 0 Å². The van der Waals surface area contributed by atoms with Gasteiger partial charge < -0.3 is 13.7 Å². The minimum Gasteiger partial charge on any atom is -0.456 e. The Morgan fingerprint density at radius 1 is 0.263 bits per heavy atom. The van der Waals surface area contributed by atoms with Gasteiger partial charge in [0.15, 0.2) is 0 Å². The third-order valence-corrected chi connectivity index (χ3v) is 11.1. The molecule has 0 aliphatic carbocycles. The van der Waals surface area contributed by atoms with E-state index < -0.39 is 0 Å². The molecule has 3 heteroatoms. The number of hydrogen-bond donors (Lipinski definition) is 0. The average Bonchev–Trinajstić information content (AvgIpc) is 3.85. The number of anilines is 3. The molecule has 3 nitrogen and oxygen atoms in total. The summed E-state index contributed by atoms with van der Waals surface area (Å²) in [6, 6.07) is 75.2. The van der Waals surface area contributed by atoms with Crippen LogP contribution in [0.3, 0.4) is 0 Å². The molecule has 0 aliphatic heterocycles. The van der Waals surface area contributed by atoms with Crippen molar-refractivity contribution in [3.8, 4) is 44.5 Å². The Morgan fingerprint density at radius 2 is 0.719 bits per heavy atom. The van der Waals surface area contributed by atoms with E-state index in [0.717, 1.165) is 83.2 Å². The molecule has 0 saturated heterocycles. The first-order chi connectivity index (χ1) is 28.3. The van der Waals surface area contributed by atoms with Gasteiger partial charge in [-0.15, -0.1) is 0 Å². The van der Waals surface area contributed by atoms with E-state index in [9.17, 15) is 0 Å². The minimum absolute atomic E-state index is 0.851. The highest BCUT2D eigenvalue weighted by molar-refractivity contribution is 6.07. The molecule has 268 valence electrons. The van der Waals surface area contributed by atoms with Crippen LogP contribution in [0.4, 0.5) is 17.1 Å². The van der Waals surface area contributed by atoms with Crippen molar-refractivity contribution in [2.45, 2.75) is 0 Å². The van der Waals surface area contributed by atoms with Crippen LogP contribution in [-0.4, -0.2) is 0 Å². The lowest BCUT2D eigenvalue weighted by Crippen LogP contribution is -2.11. The third-order valence-electron chi connectivity index (χ3n) is 11.1. The summed E-state index contributed by atoms with van der Waals surface area (Å²) in [6.45, 7) is 0. The first-order valence-corrected chi connectivity index (χ1v) is 19.3. The summed E-state index contributed by atoms with van der Waals surface area (Å²) >= 11 is 0. The lowest BCUT2D eigenvalue weighted by atomic mass is 9.88. The van der Waals surface area contributed by atoms with Crippen LogP contribution in [0.1, 0.15) is 0 Å². The molecule has 0 unspecified atom stereocenters. The molecule has 0 aliphatic rings. The van der Waals surface area contributed by atoms with Crippen LogP contribution in [0.2, 0.25) is 0 Å². The summed E-state index contributed by atoms with van der Waals surface area (Å²) in [5.41, 5.74) is 15.9. The maximum Gasteiger partial charge on any atom is 0.137 e. The zero-order valence-electron chi connectivity index (χ0n) is 31.0. The van der Waals surface area contributed by atoms with Crippen molar-refractivity contribution >= 4 is 60.9 Å². The summed E-state index contributed by atoms with van der Waals surface area (Å²) < 4.78 is 12.7. The normalized spacial score (nSPS) is 11.5. The molecule has 0 spiro atoms. The van der Waals surface area contributed by atoms with E-state index in [2.05, 4.69) is 193 Å². The van der Waals surface area contributed by atoms with Crippen LogP contribution in [-0.2, 0) is 0 Å². The van der Waals surface area contributed by atoms with Gasteiger partial charge in [-0.25, -0.2) is 0 Å². The monoisotopic (exact) mass is 729 g/mol. The predicted octanol–water partition coefficient (Wildman–Crippen LogP) is 15.6. The van der Waals surface area contributed by atoms with Crippen LogP contribution in [0.5, 0.6) is 0 Å². The van der Waals surface area contributed by atoms with E-state index in [1.165, 1.54) is 22.3 Å². The second-order valence-electron chi connectivity index (χ2n) is 14.4. The molecule has 0 bridgehead atoms. The highest BCUT2D eigenvalue weighted by Crippen LogP contribution is 2.46. The molecule has 0 saturated carbocycles. The van der Waals surface area contributed by atoms with Gasteiger partial charge >= 0.3 is 0 Å². The Morgan fingerprint density at radius 3 is 1.40 bits per heavy atom. The van der Waals surface area contributed by atoms with Gasteiger partial charge in [0.2, 0.25) is 0 Å². The Labute approximate surface area is 330 Å². The van der Waals surface area contributed by atoms with Gasteiger partial charge in [0.25, 0.3) is 0 Å². The molecule has 57 heavy (non-hydrogen) atoms. The number of nitrogens with zero attached hydrogens (tertiary/aromatic N) is 1. The molecule has 0 amide bonds. The minimum atomic E-state index is 0.851. The summed E-state index contributed by atoms with van der Waals surface area (Å²) in [5, 5.41) is 4.47. The number of furan rings is 2. The standard InChI is InChI=1S/C54H35NO2/c1-2-14-37(15-3-1)41-16-4-5-17-42(41)43-18-6-7-19-44(43)45-20-8-11-23-50(45)55(40-31-33-49-47-22-10-13-25-52(47)57-54(49)35-40)39-29-26-36(27-30-39)38-28-32-48-46-21-9-12-24-51(46)56-53(48)34-38/h1-35H. The Bertz CT molecular complexity index is 3240. The number of rotatable bonds is 7. The Hall–Kier alpha value is -7.62. The van der Waals surface area contributed by atoms with Gasteiger partial charge in [-0.1, -0.05) is 152 Å². The van der Waals surface area contributed by atoms with Crippen molar-refractivity contribution in [2.75, 3.05) is 4.90 Å². The number of benzene rings is 9. The molecule has 9 aromatic carbocycles. The SMILES string of the molecule is c1ccc(-c2ccccc2-c2ccccc2-c2ccccc2N(c2ccc(-c3ccc4c(c3)oc3ccccc34)cc2)c2ccc3c(c2)oc2ccccc23)cc1. The lowest BCUT2D eigenvalue weighted by molar-refractivity contribution is 0.668. The van der Waals surface area contributed by atoms with Crippen molar-refractivity contribution in [3.63, 3.8) is 0 Å². The molecule has 11 aromatic rings. The molecule has 11 rings (SSSR count). The van der Waals surface area contributed by atoms with Crippen LogP contribution in [0, 0.1) is 0 Å². The van der Waals surface area contributed by atoms with E-state index in [1.807, 2.05) is 24.3 Å². The summed E-state index contributed by atoms with van der Waals surface area (Å²) in [4.78, 5) is 2.36. The van der Waals surface area contributed by atoms with Crippen LogP contribution < -0.4 is 4.90 Å². The fourth-order valence-corrected chi connectivity index (χ4v) is 8.43. The first kappa shape index (κ1) is 32.8. The molecular formula is C54H35NO2. The van der Waals surface area contributed by atoms with E-state index >= 15 is 0 Å². The molecule has 2 aromatic heterocycles. The molecule has 0 N–H and O–H groups in total. The number of fused-ring (bicyclic) bond motifs is 6. The van der Waals surface area contributed by atoms with E-state index in [-0.39, 0.29) is 0 Å². The van der Waals surface area contributed by atoms with E-state index in [1.54, 1.807) is 0 Å². The summed E-state index contributed by atoms with van der Waals surface area (Å²) in [7, 11) is 0. The van der Waals surface area contributed by atoms with Crippen LogP contribution >= 0.6 is 0 Å². The van der Waals surface area contributed by atoms with Crippen molar-refractivity contribution in [1.29, 1.82) is 0 Å². The molecule has 0 atom stereocenters. The first-order valence-electron chi connectivity index (χ1n) is 19.3. The van der Waals surface area contributed by atoms with Gasteiger partial charge in [0.1, 0.15) is 22.3 Å². The molecular weight excluding hydrogens is 695 g/mol. The topological polar surface area (TPSA) is 29.5 Å². The van der Waals surface area contributed by atoms with Gasteiger partial charge in [-0.3, -0.25) is 0 Å². The zero-order chi connectivity index (χ0) is 37.7. The summed E-state index contributed by atoms with van der Waals surface area (Å²) in [6.07, 6.45) is 0. The second kappa shape index (κ2) is 13.6. The smallest absolute Gasteiger partial charge is 0.137 e. The molecule has 2 heterocycles. The predicted molar refractivity (Wildman–Crippen MR) is 237 cm³/mol. The quantitative estimate of drug-likeness (QED) is 0.164. The van der Waals surface area contributed by atoms with Crippen molar-refractivity contribution in [2.24, 2.45) is 0 Å². The van der Waals surface area contributed by atoms with Crippen LogP contribution in [0.15, 0.2) is 221 Å². The highest BCUT2D eigenvalue weighted by atomic mass is 16.3. The van der Waals surface area contributed by atoms with Gasteiger partial charge in [0.05, 0.1) is 5.69 Å². The van der Waals surface area contributed by atoms with E-state index in [4.69, 9.17) is 8.83 Å². The number of hydrogen-bond acceptors (Lipinski definition) is 3. The lowest BCUT2D eigenvalue weighted by Gasteiger charge is -2.28.